The molecule has 0 N–H and O–H groups in total. The molecule has 1 fully saturated rings. The highest BCUT2D eigenvalue weighted by Gasteiger charge is 2.33. The number of benzene rings is 1. The van der Waals surface area contributed by atoms with E-state index in [1.807, 2.05) is 29.6 Å². The number of hydrogen-bond donors (Lipinski definition) is 0. The minimum absolute atomic E-state index is 0.0156. The maximum atomic E-state index is 13.5. The molecule has 0 spiro atoms. The van der Waals surface area contributed by atoms with Crippen molar-refractivity contribution in [1.82, 2.24) is 14.7 Å². The molecular weight excluding hydrogens is 321 g/mol. The van der Waals surface area contributed by atoms with Crippen LogP contribution >= 0.6 is 0 Å². The fourth-order valence-corrected chi connectivity index (χ4v) is 3.72. The van der Waals surface area contributed by atoms with Gasteiger partial charge in [0.25, 0.3) is 5.91 Å². The maximum Gasteiger partial charge on any atom is 0.290 e. The molecule has 130 valence electrons. The number of piperidine rings is 1. The molecule has 0 radical (unpaired) electrons. The van der Waals surface area contributed by atoms with E-state index in [2.05, 4.69) is 5.10 Å². The molecule has 1 amide bonds. The van der Waals surface area contributed by atoms with Crippen LogP contribution in [0, 0.1) is 12.7 Å². The van der Waals surface area contributed by atoms with Crippen LogP contribution in [-0.2, 0) is 7.05 Å². The van der Waals surface area contributed by atoms with Gasteiger partial charge in [0, 0.05) is 30.7 Å². The number of hydrogen-bond acceptors (Lipinski definition) is 3. The highest BCUT2D eigenvalue weighted by Crippen LogP contribution is 2.34. The lowest BCUT2D eigenvalue weighted by atomic mass is 9.98. The smallest absolute Gasteiger partial charge is 0.290 e. The molecule has 5 nitrogen and oxygen atoms in total. The fourth-order valence-electron chi connectivity index (χ4n) is 3.72. The summed E-state index contributed by atoms with van der Waals surface area (Å²) in [5, 5.41) is 4.88. The number of aromatic nitrogens is 2. The summed E-state index contributed by atoms with van der Waals surface area (Å²) in [7, 11) is 1.89. The number of aryl methyl sites for hydroxylation is 2. The lowest BCUT2D eigenvalue weighted by Crippen LogP contribution is -2.39. The van der Waals surface area contributed by atoms with Gasteiger partial charge in [-0.3, -0.25) is 9.48 Å². The van der Waals surface area contributed by atoms with Gasteiger partial charge in [-0.05, 0) is 50.5 Å². The first kappa shape index (κ1) is 15.9. The molecule has 6 heteroatoms. The van der Waals surface area contributed by atoms with Crippen molar-refractivity contribution in [2.45, 2.75) is 32.2 Å². The summed E-state index contributed by atoms with van der Waals surface area (Å²) in [6.45, 7) is 2.49. The normalized spacial score (nSPS) is 18.0. The molecule has 2 aromatic heterocycles. The molecule has 25 heavy (non-hydrogen) atoms. The van der Waals surface area contributed by atoms with Gasteiger partial charge in [0.05, 0.1) is 11.7 Å². The summed E-state index contributed by atoms with van der Waals surface area (Å²) in [5.74, 6) is -0.171. The van der Waals surface area contributed by atoms with Gasteiger partial charge in [-0.2, -0.15) is 5.10 Å². The van der Waals surface area contributed by atoms with Crippen molar-refractivity contribution in [2.24, 2.45) is 7.05 Å². The summed E-state index contributed by atoms with van der Waals surface area (Å²) in [5.41, 5.74) is 2.25. The number of furan rings is 1. The molecule has 1 aromatic carbocycles. The average Bonchev–Trinajstić information content (AvgIpc) is 3.18. The van der Waals surface area contributed by atoms with E-state index in [-0.39, 0.29) is 17.8 Å². The number of carbonyl (C=O) groups excluding carboxylic acids is 1. The Morgan fingerprint density at radius 3 is 2.92 bits per heavy atom. The van der Waals surface area contributed by atoms with E-state index in [1.54, 1.807) is 12.3 Å². The Morgan fingerprint density at radius 2 is 2.16 bits per heavy atom. The number of amides is 1. The van der Waals surface area contributed by atoms with Gasteiger partial charge < -0.3 is 9.32 Å². The highest BCUT2D eigenvalue weighted by atomic mass is 19.1. The van der Waals surface area contributed by atoms with Crippen LogP contribution in [0.15, 0.2) is 34.9 Å². The predicted molar refractivity (Wildman–Crippen MR) is 91.7 cm³/mol. The molecule has 4 rings (SSSR count). The second kappa shape index (κ2) is 6.02. The van der Waals surface area contributed by atoms with E-state index in [9.17, 15) is 9.18 Å². The van der Waals surface area contributed by atoms with E-state index in [4.69, 9.17) is 4.42 Å². The van der Waals surface area contributed by atoms with Crippen LogP contribution in [0.2, 0.25) is 0 Å². The third-order valence-corrected chi connectivity index (χ3v) is 5.06. The molecule has 3 aromatic rings. The Bertz CT molecular complexity index is 943. The molecule has 1 aliphatic rings. The third-order valence-electron chi connectivity index (χ3n) is 5.06. The summed E-state index contributed by atoms with van der Waals surface area (Å²) in [6.07, 6.45) is 4.69. The average molecular weight is 341 g/mol. The zero-order chi connectivity index (χ0) is 17.6. The number of halogens is 1. The van der Waals surface area contributed by atoms with Crippen molar-refractivity contribution in [3.63, 3.8) is 0 Å². The van der Waals surface area contributed by atoms with Gasteiger partial charge in [0.2, 0.25) is 0 Å². The van der Waals surface area contributed by atoms with Gasteiger partial charge >= 0.3 is 0 Å². The van der Waals surface area contributed by atoms with Crippen LogP contribution < -0.4 is 0 Å². The number of rotatable bonds is 2. The second-order valence-corrected chi connectivity index (χ2v) is 6.59. The van der Waals surface area contributed by atoms with E-state index in [0.717, 1.165) is 25.0 Å². The highest BCUT2D eigenvalue weighted by molar-refractivity contribution is 5.99. The lowest BCUT2D eigenvalue weighted by Gasteiger charge is -2.35. The number of fused-ring (bicyclic) bond motifs is 1. The predicted octanol–water partition coefficient (Wildman–Crippen LogP) is 3.98. The molecule has 0 aliphatic carbocycles. The van der Waals surface area contributed by atoms with Crippen molar-refractivity contribution in [1.29, 1.82) is 0 Å². The molecule has 0 bridgehead atoms. The Morgan fingerprint density at radius 1 is 1.32 bits per heavy atom. The molecule has 3 heterocycles. The number of likely N-dealkylation sites (tertiary alicyclic amines) is 1. The quantitative estimate of drug-likeness (QED) is 0.708. The van der Waals surface area contributed by atoms with E-state index < -0.39 is 0 Å². The Balaban J connectivity index is 1.74. The van der Waals surface area contributed by atoms with E-state index >= 15 is 0 Å². The minimum atomic E-state index is -0.332. The zero-order valence-electron chi connectivity index (χ0n) is 14.3. The molecule has 1 saturated heterocycles. The van der Waals surface area contributed by atoms with Crippen molar-refractivity contribution in [2.75, 3.05) is 6.54 Å². The maximum absolute atomic E-state index is 13.5. The van der Waals surface area contributed by atoms with Gasteiger partial charge in [-0.25, -0.2) is 4.39 Å². The number of nitrogens with zero attached hydrogens (tertiary/aromatic N) is 3. The number of carbonyl (C=O) groups is 1. The lowest BCUT2D eigenvalue weighted by molar-refractivity contribution is 0.0570. The van der Waals surface area contributed by atoms with E-state index in [1.165, 1.54) is 12.1 Å². The Labute approximate surface area is 145 Å². The van der Waals surface area contributed by atoms with Crippen molar-refractivity contribution in [3.05, 3.63) is 53.3 Å². The molecule has 0 saturated carbocycles. The summed E-state index contributed by atoms with van der Waals surface area (Å²) >= 11 is 0. The van der Waals surface area contributed by atoms with Crippen LogP contribution in [0.4, 0.5) is 4.39 Å². The van der Waals surface area contributed by atoms with Crippen molar-refractivity contribution < 1.29 is 13.6 Å². The van der Waals surface area contributed by atoms with E-state index in [0.29, 0.717) is 28.8 Å². The SMILES string of the molecule is Cc1c(C(=O)N2CCCCC2c2ccnn2C)oc2ccc(F)cc12. The summed E-state index contributed by atoms with van der Waals surface area (Å²) in [4.78, 5) is 15.1. The van der Waals surface area contributed by atoms with Gasteiger partial charge in [0.15, 0.2) is 5.76 Å². The summed E-state index contributed by atoms with van der Waals surface area (Å²) in [6, 6.07) is 6.28. The Hall–Kier alpha value is -2.63. The zero-order valence-corrected chi connectivity index (χ0v) is 14.3. The van der Waals surface area contributed by atoms with Crippen LogP contribution in [-0.4, -0.2) is 27.1 Å². The monoisotopic (exact) mass is 341 g/mol. The first-order valence-corrected chi connectivity index (χ1v) is 8.54. The van der Waals surface area contributed by atoms with Gasteiger partial charge in [-0.1, -0.05) is 0 Å². The molecular formula is C19H20FN3O2. The fraction of sp³-hybridized carbons (Fsp3) is 0.368. The molecule has 1 unspecified atom stereocenters. The second-order valence-electron chi connectivity index (χ2n) is 6.59. The van der Waals surface area contributed by atoms with Crippen LogP contribution in [0.1, 0.15) is 47.1 Å². The summed E-state index contributed by atoms with van der Waals surface area (Å²) < 4.78 is 21.1. The third kappa shape index (κ3) is 2.62. The Kier molecular flexibility index (Phi) is 3.82. The largest absolute Gasteiger partial charge is 0.451 e. The molecule has 1 atom stereocenters. The molecule has 1 aliphatic heterocycles. The van der Waals surface area contributed by atoms with Crippen LogP contribution in [0.5, 0.6) is 0 Å². The van der Waals surface area contributed by atoms with Crippen LogP contribution in [0.25, 0.3) is 11.0 Å². The topological polar surface area (TPSA) is 51.3 Å². The first-order chi connectivity index (χ1) is 12.1. The van der Waals surface area contributed by atoms with Gasteiger partial charge in [0.1, 0.15) is 11.4 Å². The minimum Gasteiger partial charge on any atom is -0.451 e. The first-order valence-electron chi connectivity index (χ1n) is 8.54. The van der Waals surface area contributed by atoms with Crippen molar-refractivity contribution in [3.8, 4) is 0 Å². The van der Waals surface area contributed by atoms with Crippen LogP contribution in [0.3, 0.4) is 0 Å². The van der Waals surface area contributed by atoms with Crippen molar-refractivity contribution >= 4 is 16.9 Å². The standard InChI is InChI=1S/C19H20FN3O2/c1-12-14-11-13(20)6-7-17(14)25-18(12)19(24)23-10-4-3-5-16(23)15-8-9-21-22(15)2/h6-9,11,16H,3-5,10H2,1-2H3. The van der Waals surface area contributed by atoms with Gasteiger partial charge in [-0.15, -0.1) is 0 Å².